The van der Waals surface area contributed by atoms with Gasteiger partial charge < -0.3 is 14.0 Å². The van der Waals surface area contributed by atoms with Crippen LogP contribution in [0, 0.1) is 0 Å². The molecule has 0 fully saturated rings. The Kier molecular flexibility index (Phi) is 6.17. The van der Waals surface area contributed by atoms with Gasteiger partial charge in [0.2, 0.25) is 0 Å². The number of aromatic nitrogens is 3. The van der Waals surface area contributed by atoms with Crippen molar-refractivity contribution in [3.63, 3.8) is 0 Å². The van der Waals surface area contributed by atoms with Crippen LogP contribution in [0.1, 0.15) is 31.3 Å². The smallest absolute Gasteiger partial charge is 0.191 e. The summed E-state index contributed by atoms with van der Waals surface area (Å²) in [6.07, 6.45) is -0.170. The number of rotatable bonds is 8. The number of hydrogen-bond donors (Lipinski definition) is 0. The van der Waals surface area contributed by atoms with Crippen molar-refractivity contribution >= 4 is 11.8 Å². The topological polar surface area (TPSA) is 49.2 Å². The van der Waals surface area contributed by atoms with Crippen molar-refractivity contribution in [3.8, 4) is 11.5 Å². The van der Waals surface area contributed by atoms with Gasteiger partial charge in [0.15, 0.2) is 17.1 Å². The van der Waals surface area contributed by atoms with Crippen LogP contribution in [-0.2, 0) is 12.3 Å². The Morgan fingerprint density at radius 1 is 1.04 bits per heavy atom. The average Bonchev–Trinajstić information content (AvgIpc) is 3.10. The largest absolute Gasteiger partial charge is 0.497 e. The van der Waals surface area contributed by atoms with Gasteiger partial charge in [0.25, 0.3) is 0 Å². The number of benzene rings is 2. The molecule has 0 saturated heterocycles. The van der Waals surface area contributed by atoms with E-state index in [1.54, 1.807) is 18.9 Å². The van der Waals surface area contributed by atoms with Crippen LogP contribution in [0.3, 0.4) is 0 Å². The van der Waals surface area contributed by atoms with E-state index < -0.39 is 0 Å². The van der Waals surface area contributed by atoms with Crippen LogP contribution in [-0.4, -0.2) is 21.9 Å². The summed E-state index contributed by atoms with van der Waals surface area (Å²) in [5.74, 6) is 3.34. The third kappa shape index (κ3) is 4.38. The van der Waals surface area contributed by atoms with Crippen LogP contribution in [0.2, 0.25) is 0 Å². The minimum atomic E-state index is -0.170. The predicted molar refractivity (Wildman–Crippen MR) is 104 cm³/mol. The highest BCUT2D eigenvalue weighted by Gasteiger charge is 2.18. The quantitative estimate of drug-likeness (QED) is 0.537. The second-order valence-corrected chi connectivity index (χ2v) is 6.74. The number of thioether (sulfide) groups is 1. The molecule has 1 heterocycles. The molecule has 1 atom stereocenters. The highest BCUT2D eigenvalue weighted by atomic mass is 32.2. The Hall–Kier alpha value is -2.47. The monoisotopic (exact) mass is 369 g/mol. The molecule has 0 spiro atoms. The van der Waals surface area contributed by atoms with Gasteiger partial charge in [-0.15, -0.1) is 10.2 Å². The third-order valence-corrected chi connectivity index (χ3v) is 5.02. The van der Waals surface area contributed by atoms with Crippen LogP contribution < -0.4 is 9.47 Å². The fourth-order valence-electron chi connectivity index (χ4n) is 2.67. The van der Waals surface area contributed by atoms with Gasteiger partial charge in [-0.3, -0.25) is 0 Å². The second-order valence-electron chi connectivity index (χ2n) is 5.80. The first kappa shape index (κ1) is 18.3. The molecule has 0 amide bonds. The van der Waals surface area contributed by atoms with E-state index in [-0.39, 0.29) is 6.10 Å². The molecule has 0 aliphatic carbocycles. The maximum absolute atomic E-state index is 6.00. The molecule has 26 heavy (non-hydrogen) atoms. The Labute approximate surface area is 158 Å². The molecule has 1 unspecified atom stereocenters. The maximum Gasteiger partial charge on any atom is 0.191 e. The van der Waals surface area contributed by atoms with Crippen LogP contribution in [0.15, 0.2) is 59.8 Å². The van der Waals surface area contributed by atoms with Crippen molar-refractivity contribution in [2.24, 2.45) is 0 Å². The Balaban J connectivity index is 1.71. The molecule has 0 bridgehead atoms. The molecule has 6 heteroatoms. The number of nitrogens with zero attached hydrogens (tertiary/aromatic N) is 3. The first-order valence-electron chi connectivity index (χ1n) is 8.61. The molecular weight excluding hydrogens is 346 g/mol. The van der Waals surface area contributed by atoms with Gasteiger partial charge in [0.05, 0.1) is 7.11 Å². The summed E-state index contributed by atoms with van der Waals surface area (Å²) in [5.41, 5.74) is 1.19. The summed E-state index contributed by atoms with van der Waals surface area (Å²) in [7, 11) is 1.68. The van der Waals surface area contributed by atoms with E-state index in [2.05, 4.69) is 27.8 Å². The van der Waals surface area contributed by atoms with Crippen molar-refractivity contribution < 1.29 is 9.47 Å². The molecule has 0 aliphatic rings. The first-order chi connectivity index (χ1) is 12.7. The lowest BCUT2D eigenvalue weighted by atomic mass is 10.2. The molecule has 136 valence electrons. The van der Waals surface area contributed by atoms with Crippen molar-refractivity contribution in [1.29, 1.82) is 0 Å². The summed E-state index contributed by atoms with van der Waals surface area (Å²) in [4.78, 5) is 0. The van der Waals surface area contributed by atoms with E-state index in [0.717, 1.165) is 34.8 Å². The third-order valence-electron chi connectivity index (χ3n) is 3.98. The van der Waals surface area contributed by atoms with E-state index in [9.17, 15) is 0 Å². The van der Waals surface area contributed by atoms with Crippen molar-refractivity contribution in [1.82, 2.24) is 14.8 Å². The minimum Gasteiger partial charge on any atom is -0.497 e. The van der Waals surface area contributed by atoms with Crippen molar-refractivity contribution in [3.05, 3.63) is 66.0 Å². The van der Waals surface area contributed by atoms with E-state index in [0.29, 0.717) is 0 Å². The van der Waals surface area contributed by atoms with Gasteiger partial charge >= 0.3 is 0 Å². The molecule has 1 aromatic heterocycles. The van der Waals surface area contributed by atoms with Crippen LogP contribution >= 0.6 is 11.8 Å². The van der Waals surface area contributed by atoms with Gasteiger partial charge in [-0.05, 0) is 43.7 Å². The lowest BCUT2D eigenvalue weighted by molar-refractivity contribution is 0.210. The first-order valence-corrected chi connectivity index (χ1v) is 9.60. The highest BCUT2D eigenvalue weighted by Crippen LogP contribution is 2.27. The molecule has 0 radical (unpaired) electrons. The highest BCUT2D eigenvalue weighted by molar-refractivity contribution is 7.98. The van der Waals surface area contributed by atoms with Crippen LogP contribution in [0.25, 0.3) is 0 Å². The number of para-hydroxylation sites is 1. The summed E-state index contributed by atoms with van der Waals surface area (Å²) in [6, 6.07) is 17.9. The summed E-state index contributed by atoms with van der Waals surface area (Å²) in [5, 5.41) is 9.64. The lowest BCUT2D eigenvalue weighted by Gasteiger charge is -2.15. The minimum absolute atomic E-state index is 0.170. The Morgan fingerprint density at radius 2 is 1.81 bits per heavy atom. The number of ether oxygens (including phenoxy) is 2. The van der Waals surface area contributed by atoms with Gasteiger partial charge in [0.1, 0.15) is 11.5 Å². The zero-order valence-electron chi connectivity index (χ0n) is 15.3. The maximum atomic E-state index is 6.00. The van der Waals surface area contributed by atoms with E-state index in [4.69, 9.17) is 9.47 Å². The molecule has 0 aliphatic heterocycles. The molecule has 3 aromatic rings. The molecule has 2 aromatic carbocycles. The van der Waals surface area contributed by atoms with E-state index >= 15 is 0 Å². The number of methoxy groups -OCH3 is 1. The van der Waals surface area contributed by atoms with Crippen LogP contribution in [0.4, 0.5) is 0 Å². The zero-order valence-corrected chi connectivity index (χ0v) is 16.1. The van der Waals surface area contributed by atoms with Gasteiger partial charge in [-0.1, -0.05) is 42.1 Å². The summed E-state index contributed by atoms with van der Waals surface area (Å²) in [6.45, 7) is 4.89. The van der Waals surface area contributed by atoms with Gasteiger partial charge in [-0.25, -0.2) is 0 Å². The zero-order chi connectivity index (χ0) is 18.4. The fourth-order valence-corrected chi connectivity index (χ4v) is 3.62. The molecule has 5 nitrogen and oxygen atoms in total. The summed E-state index contributed by atoms with van der Waals surface area (Å²) < 4.78 is 13.4. The summed E-state index contributed by atoms with van der Waals surface area (Å²) >= 11 is 1.67. The van der Waals surface area contributed by atoms with E-state index in [1.165, 1.54) is 5.56 Å². The average molecular weight is 369 g/mol. The van der Waals surface area contributed by atoms with E-state index in [1.807, 2.05) is 55.5 Å². The van der Waals surface area contributed by atoms with Gasteiger partial charge in [-0.2, -0.15) is 0 Å². The second kappa shape index (κ2) is 8.76. The Morgan fingerprint density at radius 3 is 2.54 bits per heavy atom. The van der Waals surface area contributed by atoms with Gasteiger partial charge in [0, 0.05) is 12.3 Å². The predicted octanol–water partition coefficient (Wildman–Crippen LogP) is 4.74. The normalized spacial score (nSPS) is 12.0. The molecule has 0 N–H and O–H groups in total. The SMILES string of the molecule is CCn1c(SCc2cccc(OC)c2)nnc1C(C)Oc1ccccc1. The standard InChI is InChI=1S/C20H23N3O2S/c1-4-23-19(15(2)25-17-10-6-5-7-11-17)21-22-20(23)26-14-16-9-8-12-18(13-16)24-3/h5-13,15H,4,14H2,1-3H3. The number of hydrogen-bond acceptors (Lipinski definition) is 5. The Bertz CT molecular complexity index is 836. The van der Waals surface area contributed by atoms with Crippen molar-refractivity contribution in [2.75, 3.05) is 7.11 Å². The molecule has 3 rings (SSSR count). The fraction of sp³-hybridized carbons (Fsp3) is 0.300. The lowest BCUT2D eigenvalue weighted by Crippen LogP contribution is -2.11. The van der Waals surface area contributed by atoms with Crippen molar-refractivity contribution in [2.45, 2.75) is 37.4 Å². The molecular formula is C20H23N3O2S. The molecule has 0 saturated carbocycles. The van der Waals surface area contributed by atoms with Crippen LogP contribution in [0.5, 0.6) is 11.5 Å².